The number of piperidine rings is 1. The van der Waals surface area contributed by atoms with Gasteiger partial charge < -0.3 is 20.2 Å². The minimum atomic E-state index is -0.243. The number of nitrogens with one attached hydrogen (secondary N) is 1. The molecule has 2 fully saturated rings. The fourth-order valence-electron chi connectivity index (χ4n) is 6.00. The number of benzene rings is 1. The number of carbonyl (C=O) groups excluding carboxylic acids is 1. The van der Waals surface area contributed by atoms with Gasteiger partial charge in [-0.05, 0) is 55.5 Å². The maximum atomic E-state index is 13.8. The van der Waals surface area contributed by atoms with E-state index in [2.05, 4.69) is 42.0 Å². The molecule has 37 heavy (non-hydrogen) atoms. The highest BCUT2D eigenvalue weighted by Gasteiger charge is 2.40. The number of pyridine rings is 1. The van der Waals surface area contributed by atoms with E-state index in [-0.39, 0.29) is 29.3 Å². The predicted molar refractivity (Wildman–Crippen MR) is 143 cm³/mol. The second kappa shape index (κ2) is 10.8. The van der Waals surface area contributed by atoms with Crippen molar-refractivity contribution in [3.63, 3.8) is 0 Å². The first-order valence-electron chi connectivity index (χ1n) is 13.6. The molecule has 8 heteroatoms. The summed E-state index contributed by atoms with van der Waals surface area (Å²) in [7, 11) is 0. The summed E-state index contributed by atoms with van der Waals surface area (Å²) in [6.07, 6.45) is 4.00. The summed E-state index contributed by atoms with van der Waals surface area (Å²) < 4.78 is 13.3. The van der Waals surface area contributed by atoms with Crippen LogP contribution >= 0.6 is 0 Å². The molecule has 5 rings (SSSR count). The number of amides is 1. The number of hydrogen-bond acceptors (Lipinski definition) is 6. The van der Waals surface area contributed by atoms with Crippen molar-refractivity contribution in [2.24, 2.45) is 0 Å². The normalized spacial score (nSPS) is 24.8. The lowest BCUT2D eigenvalue weighted by molar-refractivity contribution is -0.120. The van der Waals surface area contributed by atoms with Crippen molar-refractivity contribution in [2.45, 2.75) is 63.6 Å². The van der Waals surface area contributed by atoms with Gasteiger partial charge in [0.1, 0.15) is 5.82 Å². The zero-order chi connectivity index (χ0) is 26.2. The number of likely N-dealkylation sites (tertiary alicyclic amines) is 1. The molecular formula is C29H40FN5O2. The number of aliphatic hydroxyl groups is 1. The van der Waals surface area contributed by atoms with E-state index in [0.717, 1.165) is 68.1 Å². The summed E-state index contributed by atoms with van der Waals surface area (Å²) in [6, 6.07) is 9.23. The molecule has 3 aliphatic rings. The molecule has 1 aromatic carbocycles. The van der Waals surface area contributed by atoms with Gasteiger partial charge in [0.05, 0.1) is 24.0 Å². The van der Waals surface area contributed by atoms with Crippen LogP contribution < -0.4 is 10.2 Å². The zero-order valence-electron chi connectivity index (χ0n) is 22.3. The second-order valence-electron chi connectivity index (χ2n) is 11.8. The topological polar surface area (TPSA) is 71.9 Å². The van der Waals surface area contributed by atoms with Gasteiger partial charge in [-0.2, -0.15) is 0 Å². The molecule has 0 saturated carbocycles. The Balaban J connectivity index is 1.31. The van der Waals surface area contributed by atoms with E-state index in [0.29, 0.717) is 25.6 Å². The fourth-order valence-corrected chi connectivity index (χ4v) is 6.00. The van der Waals surface area contributed by atoms with Crippen LogP contribution in [0, 0.1) is 5.82 Å². The maximum Gasteiger partial charge on any atom is 0.241 e. The summed E-state index contributed by atoms with van der Waals surface area (Å²) >= 11 is 0. The first-order valence-corrected chi connectivity index (χ1v) is 13.6. The second-order valence-corrected chi connectivity index (χ2v) is 11.8. The minimum absolute atomic E-state index is 0.112. The Kier molecular flexibility index (Phi) is 7.63. The van der Waals surface area contributed by atoms with E-state index >= 15 is 0 Å². The highest BCUT2D eigenvalue weighted by Crippen LogP contribution is 2.39. The Morgan fingerprint density at radius 1 is 1.19 bits per heavy atom. The summed E-state index contributed by atoms with van der Waals surface area (Å²) in [6.45, 7) is 11.9. The summed E-state index contributed by atoms with van der Waals surface area (Å²) in [4.78, 5) is 25.3. The number of aliphatic hydroxyl groups excluding tert-OH is 1. The number of anilines is 1. The number of piperazine rings is 1. The molecule has 2 N–H and O–H groups in total. The van der Waals surface area contributed by atoms with Gasteiger partial charge >= 0.3 is 0 Å². The third kappa shape index (κ3) is 6.03. The van der Waals surface area contributed by atoms with E-state index < -0.39 is 0 Å². The van der Waals surface area contributed by atoms with Crippen LogP contribution in [0.25, 0.3) is 0 Å². The summed E-state index contributed by atoms with van der Waals surface area (Å²) in [5.74, 6) is -0.131. The molecule has 0 spiro atoms. The number of aromatic nitrogens is 1. The molecule has 3 aliphatic heterocycles. The Morgan fingerprint density at radius 3 is 2.65 bits per heavy atom. The first kappa shape index (κ1) is 26.2. The molecule has 0 aliphatic carbocycles. The van der Waals surface area contributed by atoms with Crippen LogP contribution in [0.5, 0.6) is 0 Å². The quantitative estimate of drug-likeness (QED) is 0.624. The Bertz CT molecular complexity index is 1100. The smallest absolute Gasteiger partial charge is 0.241 e. The van der Waals surface area contributed by atoms with Gasteiger partial charge in [0, 0.05) is 63.0 Å². The number of carbonyl (C=O) groups is 1. The SMILES string of the molecule is C[C@@H]1CN(CC(=O)N2CC(C)(C)c3ncc(Cc4ccc(F)cc4)cc32)[C@@H](CN2CCC(O)CC2)CN1. The fraction of sp³-hybridized carbons (Fsp3) is 0.586. The number of nitrogens with zero attached hydrogens (tertiary/aromatic N) is 4. The molecule has 200 valence electrons. The van der Waals surface area contributed by atoms with Crippen molar-refractivity contribution in [1.29, 1.82) is 0 Å². The van der Waals surface area contributed by atoms with E-state index in [9.17, 15) is 14.3 Å². The number of halogens is 1. The average Bonchev–Trinajstić information content (AvgIpc) is 3.14. The van der Waals surface area contributed by atoms with Crippen LogP contribution in [-0.2, 0) is 16.6 Å². The molecule has 1 aromatic heterocycles. The highest BCUT2D eigenvalue weighted by molar-refractivity contribution is 5.97. The standard InChI is InChI=1S/C29H40FN5O2/c1-20-16-34(24(15-31-20)17-33-10-8-25(36)9-11-33)18-27(37)35-19-29(2,3)28-26(35)13-22(14-32-28)12-21-4-6-23(30)7-5-21/h4-7,13-14,20,24-25,31,36H,8-12,15-19H2,1-3H3/t20-,24-/m1/s1. The predicted octanol–water partition coefficient (Wildman–Crippen LogP) is 2.55. The van der Waals surface area contributed by atoms with Crippen molar-refractivity contribution in [2.75, 3.05) is 50.7 Å². The van der Waals surface area contributed by atoms with Gasteiger partial charge in [-0.3, -0.25) is 14.7 Å². The van der Waals surface area contributed by atoms with Gasteiger partial charge in [0.2, 0.25) is 5.91 Å². The molecule has 0 bridgehead atoms. The van der Waals surface area contributed by atoms with Crippen LogP contribution in [0.3, 0.4) is 0 Å². The van der Waals surface area contributed by atoms with Gasteiger partial charge in [-0.25, -0.2) is 4.39 Å². The molecule has 1 amide bonds. The molecule has 2 atom stereocenters. The maximum absolute atomic E-state index is 13.8. The molecule has 0 radical (unpaired) electrons. The van der Waals surface area contributed by atoms with E-state index in [1.54, 1.807) is 12.1 Å². The van der Waals surface area contributed by atoms with Crippen LogP contribution in [0.4, 0.5) is 10.1 Å². The van der Waals surface area contributed by atoms with Crippen molar-refractivity contribution in [3.05, 3.63) is 59.2 Å². The van der Waals surface area contributed by atoms with Crippen LogP contribution in [-0.4, -0.2) is 89.8 Å². The van der Waals surface area contributed by atoms with Gasteiger partial charge in [-0.15, -0.1) is 0 Å². The van der Waals surface area contributed by atoms with Gasteiger partial charge in [0.25, 0.3) is 0 Å². The number of rotatable bonds is 6. The molecule has 0 unspecified atom stereocenters. The Hall–Kier alpha value is -2.39. The monoisotopic (exact) mass is 509 g/mol. The van der Waals surface area contributed by atoms with Gasteiger partial charge in [0.15, 0.2) is 0 Å². The van der Waals surface area contributed by atoms with Gasteiger partial charge in [-0.1, -0.05) is 26.0 Å². The Labute approximate surface area is 219 Å². The summed E-state index contributed by atoms with van der Waals surface area (Å²) in [5.41, 5.74) is 3.67. The van der Waals surface area contributed by atoms with Crippen molar-refractivity contribution in [1.82, 2.24) is 20.1 Å². The first-order chi connectivity index (χ1) is 17.7. The van der Waals surface area contributed by atoms with Crippen molar-refractivity contribution >= 4 is 11.6 Å². The Morgan fingerprint density at radius 2 is 1.92 bits per heavy atom. The van der Waals surface area contributed by atoms with E-state index in [1.165, 1.54) is 12.1 Å². The van der Waals surface area contributed by atoms with Crippen LogP contribution in [0.1, 0.15) is 50.4 Å². The largest absolute Gasteiger partial charge is 0.393 e. The third-order valence-corrected chi connectivity index (χ3v) is 8.12. The summed E-state index contributed by atoms with van der Waals surface area (Å²) in [5, 5.41) is 13.5. The van der Waals surface area contributed by atoms with Crippen LogP contribution in [0.2, 0.25) is 0 Å². The highest BCUT2D eigenvalue weighted by atomic mass is 19.1. The third-order valence-electron chi connectivity index (χ3n) is 8.12. The van der Waals surface area contributed by atoms with Crippen molar-refractivity contribution in [3.8, 4) is 0 Å². The number of hydrogen-bond donors (Lipinski definition) is 2. The average molecular weight is 510 g/mol. The number of fused-ring (bicyclic) bond motifs is 1. The minimum Gasteiger partial charge on any atom is -0.393 e. The van der Waals surface area contributed by atoms with Crippen LogP contribution in [0.15, 0.2) is 36.5 Å². The molecular weight excluding hydrogens is 469 g/mol. The van der Waals surface area contributed by atoms with Crippen molar-refractivity contribution < 1.29 is 14.3 Å². The van der Waals surface area contributed by atoms with E-state index in [1.807, 2.05) is 11.1 Å². The zero-order valence-corrected chi connectivity index (χ0v) is 22.3. The molecule has 4 heterocycles. The lowest BCUT2D eigenvalue weighted by atomic mass is 9.91. The lowest BCUT2D eigenvalue weighted by Gasteiger charge is -2.42. The molecule has 2 aromatic rings. The molecule has 7 nitrogen and oxygen atoms in total. The van der Waals surface area contributed by atoms with E-state index in [4.69, 9.17) is 4.98 Å². The lowest BCUT2D eigenvalue weighted by Crippen LogP contribution is -2.61. The molecule has 2 saturated heterocycles.